The van der Waals surface area contributed by atoms with Gasteiger partial charge in [-0.25, -0.2) is 4.79 Å². The molecule has 0 rings (SSSR count). The van der Waals surface area contributed by atoms with E-state index in [1.807, 2.05) is 0 Å². The fraction of sp³-hybridized carbons (Fsp3) is 0.636. The standard InChI is InChI=1S/C11H19NO3/c1-3-4-5-6-9-12-10(13)7-8-11(14)15-2/h7-8H,3-6,9H2,1-2H3,(H,12,13). The van der Waals surface area contributed by atoms with Gasteiger partial charge in [0, 0.05) is 18.7 Å². The summed E-state index contributed by atoms with van der Waals surface area (Å²) < 4.78 is 4.35. The van der Waals surface area contributed by atoms with Crippen molar-refractivity contribution in [1.29, 1.82) is 0 Å². The van der Waals surface area contributed by atoms with Gasteiger partial charge in [0.1, 0.15) is 0 Å². The second-order valence-corrected chi connectivity index (χ2v) is 3.21. The highest BCUT2D eigenvalue weighted by Gasteiger charge is 1.96. The minimum atomic E-state index is -0.517. The van der Waals surface area contributed by atoms with Gasteiger partial charge in [-0.2, -0.15) is 0 Å². The normalized spacial score (nSPS) is 10.3. The zero-order chi connectivity index (χ0) is 11.5. The lowest BCUT2D eigenvalue weighted by atomic mass is 10.2. The van der Waals surface area contributed by atoms with Crippen molar-refractivity contribution in [3.05, 3.63) is 12.2 Å². The van der Waals surface area contributed by atoms with Crippen LogP contribution in [0.3, 0.4) is 0 Å². The number of hydrogen-bond donors (Lipinski definition) is 1. The Kier molecular flexibility index (Phi) is 8.43. The number of carbonyl (C=O) groups excluding carboxylic acids is 2. The van der Waals surface area contributed by atoms with Gasteiger partial charge in [-0.05, 0) is 6.42 Å². The molecule has 0 spiro atoms. The van der Waals surface area contributed by atoms with E-state index in [0.717, 1.165) is 18.9 Å². The van der Waals surface area contributed by atoms with Gasteiger partial charge in [-0.15, -0.1) is 0 Å². The van der Waals surface area contributed by atoms with Gasteiger partial charge in [-0.3, -0.25) is 4.79 Å². The SMILES string of the molecule is CCCCCCNC(=O)C=CC(=O)OC. The highest BCUT2D eigenvalue weighted by molar-refractivity contribution is 5.94. The number of esters is 1. The second-order valence-electron chi connectivity index (χ2n) is 3.21. The summed E-state index contributed by atoms with van der Waals surface area (Å²) in [6, 6.07) is 0. The third kappa shape index (κ3) is 9.00. The van der Waals surface area contributed by atoms with Gasteiger partial charge in [0.05, 0.1) is 7.11 Å². The number of nitrogens with one attached hydrogen (secondary N) is 1. The Labute approximate surface area is 90.7 Å². The number of carbonyl (C=O) groups is 2. The molecule has 0 aromatic carbocycles. The lowest BCUT2D eigenvalue weighted by Gasteiger charge is -2.00. The van der Waals surface area contributed by atoms with Crippen molar-refractivity contribution < 1.29 is 14.3 Å². The molecular formula is C11H19NO3. The first kappa shape index (κ1) is 13.7. The van der Waals surface area contributed by atoms with E-state index in [1.165, 1.54) is 26.0 Å². The molecule has 0 atom stereocenters. The van der Waals surface area contributed by atoms with Crippen molar-refractivity contribution in [3.63, 3.8) is 0 Å². The smallest absolute Gasteiger partial charge is 0.330 e. The third-order valence-corrected chi connectivity index (χ3v) is 1.90. The zero-order valence-corrected chi connectivity index (χ0v) is 9.41. The van der Waals surface area contributed by atoms with E-state index in [0.29, 0.717) is 6.54 Å². The predicted molar refractivity (Wildman–Crippen MR) is 58.3 cm³/mol. The van der Waals surface area contributed by atoms with Crippen molar-refractivity contribution in [2.75, 3.05) is 13.7 Å². The summed E-state index contributed by atoms with van der Waals surface area (Å²) in [5, 5.41) is 2.69. The van der Waals surface area contributed by atoms with Crippen LogP contribution in [0.4, 0.5) is 0 Å². The molecule has 0 saturated heterocycles. The molecule has 0 aromatic heterocycles. The quantitative estimate of drug-likeness (QED) is 0.395. The lowest BCUT2D eigenvalue weighted by Crippen LogP contribution is -2.22. The van der Waals surface area contributed by atoms with E-state index in [-0.39, 0.29) is 5.91 Å². The van der Waals surface area contributed by atoms with Crippen molar-refractivity contribution >= 4 is 11.9 Å². The molecule has 0 bridgehead atoms. The van der Waals surface area contributed by atoms with Crippen LogP contribution in [0.15, 0.2) is 12.2 Å². The highest BCUT2D eigenvalue weighted by atomic mass is 16.5. The first-order valence-corrected chi connectivity index (χ1v) is 5.24. The molecule has 0 fully saturated rings. The van der Waals surface area contributed by atoms with Gasteiger partial charge >= 0.3 is 5.97 Å². The first-order chi connectivity index (χ1) is 7.20. The van der Waals surface area contributed by atoms with Crippen molar-refractivity contribution in [2.24, 2.45) is 0 Å². The Morgan fingerprint density at radius 2 is 1.93 bits per heavy atom. The van der Waals surface area contributed by atoms with Crippen molar-refractivity contribution in [2.45, 2.75) is 32.6 Å². The fourth-order valence-electron chi connectivity index (χ4n) is 1.03. The van der Waals surface area contributed by atoms with Crippen LogP contribution in [0.2, 0.25) is 0 Å². The molecule has 0 saturated carbocycles. The molecule has 0 aliphatic carbocycles. The maximum absolute atomic E-state index is 11.1. The Bertz CT molecular complexity index is 224. The number of rotatable bonds is 7. The fourth-order valence-corrected chi connectivity index (χ4v) is 1.03. The highest BCUT2D eigenvalue weighted by Crippen LogP contribution is 1.96. The van der Waals surface area contributed by atoms with E-state index in [2.05, 4.69) is 17.0 Å². The van der Waals surface area contributed by atoms with Gasteiger partial charge < -0.3 is 10.1 Å². The summed E-state index contributed by atoms with van der Waals surface area (Å²) in [7, 11) is 1.27. The lowest BCUT2D eigenvalue weighted by molar-refractivity contribution is -0.135. The molecule has 0 unspecified atom stereocenters. The summed E-state index contributed by atoms with van der Waals surface area (Å²) in [4.78, 5) is 21.7. The number of unbranched alkanes of at least 4 members (excludes halogenated alkanes) is 3. The molecule has 15 heavy (non-hydrogen) atoms. The third-order valence-electron chi connectivity index (χ3n) is 1.90. The van der Waals surface area contributed by atoms with Crippen LogP contribution in [0.25, 0.3) is 0 Å². The Balaban J connectivity index is 3.49. The van der Waals surface area contributed by atoms with E-state index < -0.39 is 5.97 Å². The van der Waals surface area contributed by atoms with Gasteiger partial charge in [-0.1, -0.05) is 26.2 Å². The number of methoxy groups -OCH3 is 1. The van der Waals surface area contributed by atoms with E-state index in [1.54, 1.807) is 0 Å². The largest absolute Gasteiger partial charge is 0.466 e. The van der Waals surface area contributed by atoms with Crippen LogP contribution in [-0.2, 0) is 14.3 Å². The molecule has 4 heteroatoms. The van der Waals surface area contributed by atoms with Crippen molar-refractivity contribution in [1.82, 2.24) is 5.32 Å². The number of ether oxygens (including phenoxy) is 1. The Morgan fingerprint density at radius 1 is 1.20 bits per heavy atom. The maximum Gasteiger partial charge on any atom is 0.330 e. The molecule has 0 aliphatic heterocycles. The minimum absolute atomic E-state index is 0.253. The van der Waals surface area contributed by atoms with Crippen LogP contribution in [-0.4, -0.2) is 25.5 Å². The monoisotopic (exact) mass is 213 g/mol. The van der Waals surface area contributed by atoms with Gasteiger partial charge in [0.25, 0.3) is 0 Å². The molecule has 0 aliphatic rings. The summed E-state index contributed by atoms with van der Waals surface area (Å²) in [6.07, 6.45) is 6.76. The van der Waals surface area contributed by atoms with Gasteiger partial charge in [0.15, 0.2) is 0 Å². The number of amides is 1. The van der Waals surface area contributed by atoms with E-state index >= 15 is 0 Å². The zero-order valence-electron chi connectivity index (χ0n) is 9.41. The molecule has 86 valence electrons. The average Bonchev–Trinajstić information content (AvgIpc) is 2.25. The topological polar surface area (TPSA) is 55.4 Å². The van der Waals surface area contributed by atoms with Crippen LogP contribution in [0.1, 0.15) is 32.6 Å². The number of hydrogen-bond acceptors (Lipinski definition) is 3. The summed E-state index contributed by atoms with van der Waals surface area (Å²) >= 11 is 0. The minimum Gasteiger partial charge on any atom is -0.466 e. The van der Waals surface area contributed by atoms with Crippen LogP contribution < -0.4 is 5.32 Å². The average molecular weight is 213 g/mol. The molecular weight excluding hydrogens is 194 g/mol. The first-order valence-electron chi connectivity index (χ1n) is 5.24. The summed E-state index contributed by atoms with van der Waals surface area (Å²) in [6.45, 7) is 2.79. The molecule has 0 radical (unpaired) electrons. The molecule has 1 amide bonds. The van der Waals surface area contributed by atoms with Gasteiger partial charge in [0.2, 0.25) is 5.91 Å². The predicted octanol–water partition coefficient (Wildman–Crippen LogP) is 1.41. The maximum atomic E-state index is 11.1. The Hall–Kier alpha value is -1.32. The molecule has 4 nitrogen and oxygen atoms in total. The Morgan fingerprint density at radius 3 is 2.53 bits per heavy atom. The van der Waals surface area contributed by atoms with Crippen molar-refractivity contribution in [3.8, 4) is 0 Å². The van der Waals surface area contributed by atoms with Crippen LogP contribution in [0, 0.1) is 0 Å². The molecule has 1 N–H and O–H groups in total. The molecule has 0 heterocycles. The molecule has 0 aromatic rings. The van der Waals surface area contributed by atoms with E-state index in [4.69, 9.17) is 0 Å². The van der Waals surface area contributed by atoms with Crippen LogP contribution >= 0.6 is 0 Å². The second kappa shape index (κ2) is 9.24. The summed E-state index contributed by atoms with van der Waals surface area (Å²) in [5.74, 6) is -0.770. The summed E-state index contributed by atoms with van der Waals surface area (Å²) in [5.41, 5.74) is 0. The van der Waals surface area contributed by atoms with Crippen LogP contribution in [0.5, 0.6) is 0 Å². The van der Waals surface area contributed by atoms with E-state index in [9.17, 15) is 9.59 Å².